The molecule has 15 heavy (non-hydrogen) atoms. The van der Waals surface area contributed by atoms with Crippen molar-refractivity contribution in [3.8, 4) is 0 Å². The summed E-state index contributed by atoms with van der Waals surface area (Å²) in [5.41, 5.74) is 1.36. The number of oxime groups is 1. The van der Waals surface area contributed by atoms with Crippen LogP contribution in [0.15, 0.2) is 29.4 Å². The van der Waals surface area contributed by atoms with E-state index in [4.69, 9.17) is 0 Å². The highest BCUT2D eigenvalue weighted by molar-refractivity contribution is 5.94. The summed E-state index contributed by atoms with van der Waals surface area (Å²) < 4.78 is 4.49. The van der Waals surface area contributed by atoms with E-state index in [0.29, 0.717) is 5.69 Å². The molecule has 0 heterocycles. The zero-order valence-corrected chi connectivity index (χ0v) is 8.56. The lowest BCUT2D eigenvalue weighted by molar-refractivity contribution is 0.187. The van der Waals surface area contributed by atoms with Crippen molar-refractivity contribution in [2.24, 2.45) is 5.16 Å². The molecule has 5 heteroatoms. The van der Waals surface area contributed by atoms with Crippen molar-refractivity contribution in [2.45, 2.75) is 0 Å². The molecule has 0 saturated carbocycles. The van der Waals surface area contributed by atoms with Crippen LogP contribution in [-0.2, 0) is 9.57 Å². The summed E-state index contributed by atoms with van der Waals surface area (Å²) in [6, 6.07) is 7.18. The van der Waals surface area contributed by atoms with Gasteiger partial charge >= 0.3 is 6.09 Å². The van der Waals surface area contributed by atoms with Crippen LogP contribution in [0.4, 0.5) is 10.5 Å². The van der Waals surface area contributed by atoms with E-state index in [-0.39, 0.29) is 0 Å². The fourth-order valence-electron chi connectivity index (χ4n) is 0.994. The normalized spacial score (nSPS) is 10.0. The van der Waals surface area contributed by atoms with Gasteiger partial charge in [-0.05, 0) is 6.07 Å². The smallest absolute Gasteiger partial charge is 0.411 e. The van der Waals surface area contributed by atoms with Crippen LogP contribution in [0.1, 0.15) is 5.56 Å². The van der Waals surface area contributed by atoms with Crippen LogP contribution in [0.3, 0.4) is 0 Å². The number of para-hydroxylation sites is 1. The number of carbonyl (C=O) groups is 1. The molecular formula is C10H12N2O3. The highest BCUT2D eigenvalue weighted by Gasteiger charge is 2.03. The summed E-state index contributed by atoms with van der Waals surface area (Å²) in [5, 5.41) is 6.18. The molecule has 0 saturated heterocycles. The van der Waals surface area contributed by atoms with Gasteiger partial charge in [-0.3, -0.25) is 5.32 Å². The maximum atomic E-state index is 11.0. The van der Waals surface area contributed by atoms with Crippen molar-refractivity contribution >= 4 is 18.0 Å². The maximum absolute atomic E-state index is 11.0. The van der Waals surface area contributed by atoms with E-state index < -0.39 is 6.09 Å². The average Bonchev–Trinajstić information content (AvgIpc) is 2.28. The molecule has 1 rings (SSSR count). The minimum Gasteiger partial charge on any atom is -0.453 e. The molecular weight excluding hydrogens is 196 g/mol. The van der Waals surface area contributed by atoms with Crippen LogP contribution in [0.5, 0.6) is 0 Å². The quantitative estimate of drug-likeness (QED) is 0.609. The van der Waals surface area contributed by atoms with E-state index in [1.165, 1.54) is 20.4 Å². The molecule has 5 nitrogen and oxygen atoms in total. The van der Waals surface area contributed by atoms with Gasteiger partial charge in [-0.2, -0.15) is 0 Å². The van der Waals surface area contributed by atoms with Gasteiger partial charge in [0.15, 0.2) is 0 Å². The summed E-state index contributed by atoms with van der Waals surface area (Å²) in [6.45, 7) is 0. The summed E-state index contributed by atoms with van der Waals surface area (Å²) in [7, 11) is 2.76. The van der Waals surface area contributed by atoms with E-state index in [9.17, 15) is 4.79 Å². The highest BCUT2D eigenvalue weighted by Crippen LogP contribution is 2.12. The second-order valence-corrected chi connectivity index (χ2v) is 2.62. The van der Waals surface area contributed by atoms with Crippen molar-refractivity contribution in [2.75, 3.05) is 19.5 Å². The van der Waals surface area contributed by atoms with Crippen LogP contribution >= 0.6 is 0 Å². The Labute approximate surface area is 87.7 Å². The van der Waals surface area contributed by atoms with E-state index in [0.717, 1.165) is 5.56 Å². The Morgan fingerprint density at radius 3 is 2.80 bits per heavy atom. The molecule has 0 spiro atoms. The van der Waals surface area contributed by atoms with Crippen molar-refractivity contribution in [1.82, 2.24) is 0 Å². The molecule has 80 valence electrons. The largest absolute Gasteiger partial charge is 0.453 e. The predicted octanol–water partition coefficient (Wildman–Crippen LogP) is 1.85. The number of nitrogens with zero attached hydrogens (tertiary/aromatic N) is 1. The summed E-state index contributed by atoms with van der Waals surface area (Å²) >= 11 is 0. The third-order valence-electron chi connectivity index (χ3n) is 1.68. The molecule has 0 aliphatic rings. The van der Waals surface area contributed by atoms with Gasteiger partial charge in [0.2, 0.25) is 0 Å². The monoisotopic (exact) mass is 208 g/mol. The number of methoxy groups -OCH3 is 1. The Morgan fingerprint density at radius 2 is 2.13 bits per heavy atom. The molecule has 0 radical (unpaired) electrons. The van der Waals surface area contributed by atoms with Gasteiger partial charge < -0.3 is 9.57 Å². The van der Waals surface area contributed by atoms with Crippen LogP contribution in [0.25, 0.3) is 0 Å². The summed E-state index contributed by atoms with van der Waals surface area (Å²) in [5.74, 6) is 0. The fraction of sp³-hybridized carbons (Fsp3) is 0.200. The molecule has 1 N–H and O–H groups in total. The predicted molar refractivity (Wildman–Crippen MR) is 57.1 cm³/mol. The van der Waals surface area contributed by atoms with Crippen molar-refractivity contribution in [1.29, 1.82) is 0 Å². The number of hydrogen-bond donors (Lipinski definition) is 1. The van der Waals surface area contributed by atoms with Gasteiger partial charge in [0.25, 0.3) is 0 Å². The van der Waals surface area contributed by atoms with E-state index >= 15 is 0 Å². The summed E-state index contributed by atoms with van der Waals surface area (Å²) in [4.78, 5) is 15.6. The minimum absolute atomic E-state index is 0.520. The molecule has 0 atom stereocenters. The first-order valence-electron chi connectivity index (χ1n) is 4.28. The molecule has 0 fully saturated rings. The Balaban J connectivity index is 2.86. The van der Waals surface area contributed by atoms with Crippen LogP contribution in [-0.4, -0.2) is 26.5 Å². The molecule has 0 aliphatic carbocycles. The zero-order chi connectivity index (χ0) is 11.1. The van der Waals surface area contributed by atoms with Gasteiger partial charge in [-0.15, -0.1) is 0 Å². The van der Waals surface area contributed by atoms with Crippen molar-refractivity contribution in [3.63, 3.8) is 0 Å². The van der Waals surface area contributed by atoms with Crippen LogP contribution in [0, 0.1) is 0 Å². The van der Waals surface area contributed by atoms with Gasteiger partial charge in [0.05, 0.1) is 19.0 Å². The average molecular weight is 208 g/mol. The molecule has 1 amide bonds. The molecule has 0 aromatic heterocycles. The standard InChI is InChI=1S/C10H12N2O3/c1-14-10(13)12-9-6-4-3-5-8(9)7-11-15-2/h3-7H,1-2H3,(H,12,13)/b11-7+. The first kappa shape index (κ1) is 11.0. The van der Waals surface area contributed by atoms with Crippen LogP contribution < -0.4 is 5.32 Å². The van der Waals surface area contributed by atoms with Gasteiger partial charge in [0, 0.05) is 5.56 Å². The second-order valence-electron chi connectivity index (χ2n) is 2.62. The van der Waals surface area contributed by atoms with E-state index in [1.54, 1.807) is 18.2 Å². The highest BCUT2D eigenvalue weighted by atomic mass is 16.6. The Bertz CT molecular complexity index is 363. The van der Waals surface area contributed by atoms with Gasteiger partial charge in [0.1, 0.15) is 7.11 Å². The number of rotatable bonds is 3. The zero-order valence-electron chi connectivity index (χ0n) is 8.56. The summed E-state index contributed by atoms with van der Waals surface area (Å²) in [6.07, 6.45) is 0.985. The first-order valence-corrected chi connectivity index (χ1v) is 4.28. The van der Waals surface area contributed by atoms with Crippen molar-refractivity contribution in [3.05, 3.63) is 29.8 Å². The Hall–Kier alpha value is -2.04. The lowest BCUT2D eigenvalue weighted by Crippen LogP contribution is -2.12. The topological polar surface area (TPSA) is 59.9 Å². The minimum atomic E-state index is -0.520. The van der Waals surface area contributed by atoms with Gasteiger partial charge in [-0.1, -0.05) is 23.4 Å². The van der Waals surface area contributed by atoms with Crippen LogP contribution in [0.2, 0.25) is 0 Å². The molecule has 1 aromatic carbocycles. The lowest BCUT2D eigenvalue weighted by atomic mass is 10.2. The van der Waals surface area contributed by atoms with E-state index in [1.807, 2.05) is 6.07 Å². The number of benzene rings is 1. The number of carbonyl (C=O) groups excluding carboxylic acids is 1. The fourth-order valence-corrected chi connectivity index (χ4v) is 0.994. The number of amides is 1. The third kappa shape index (κ3) is 3.30. The SMILES string of the molecule is CO/N=C/c1ccccc1NC(=O)OC. The Morgan fingerprint density at radius 1 is 1.40 bits per heavy atom. The number of anilines is 1. The number of hydrogen-bond acceptors (Lipinski definition) is 4. The number of nitrogens with one attached hydrogen (secondary N) is 1. The van der Waals surface area contributed by atoms with Gasteiger partial charge in [-0.25, -0.2) is 4.79 Å². The lowest BCUT2D eigenvalue weighted by Gasteiger charge is -2.05. The third-order valence-corrected chi connectivity index (χ3v) is 1.68. The second kappa shape index (κ2) is 5.64. The molecule has 0 bridgehead atoms. The van der Waals surface area contributed by atoms with Crippen molar-refractivity contribution < 1.29 is 14.4 Å². The first-order chi connectivity index (χ1) is 7.27. The molecule has 0 aliphatic heterocycles. The molecule has 1 aromatic rings. The van der Waals surface area contributed by atoms with E-state index in [2.05, 4.69) is 20.0 Å². The maximum Gasteiger partial charge on any atom is 0.411 e. The Kier molecular flexibility index (Phi) is 4.15. The molecule has 0 unspecified atom stereocenters. The number of ether oxygens (including phenoxy) is 1.